The molecule has 0 spiro atoms. The molecule has 0 radical (unpaired) electrons. The summed E-state index contributed by atoms with van der Waals surface area (Å²) in [6.45, 7) is 2.01. The Kier molecular flexibility index (Phi) is 5.30. The van der Waals surface area contributed by atoms with Gasteiger partial charge in [0.05, 0.1) is 31.5 Å². The maximum absolute atomic E-state index is 10.6. The zero-order valence-corrected chi connectivity index (χ0v) is 15.8. The van der Waals surface area contributed by atoms with Gasteiger partial charge in [-0.1, -0.05) is 0 Å². The average molecular weight is 369 g/mol. The van der Waals surface area contributed by atoms with Crippen LogP contribution in [-0.4, -0.2) is 52.9 Å². The van der Waals surface area contributed by atoms with Gasteiger partial charge in [0, 0.05) is 36.0 Å². The predicted octanol–water partition coefficient (Wildman–Crippen LogP) is 2.75. The number of H-pyrrole nitrogens is 1. The normalized spacial score (nSPS) is 26.1. The molecule has 0 saturated heterocycles. The highest BCUT2D eigenvalue weighted by atomic mass is 16.5. The van der Waals surface area contributed by atoms with E-state index in [1.807, 2.05) is 18.1 Å². The number of anilines is 1. The van der Waals surface area contributed by atoms with Gasteiger partial charge in [0.2, 0.25) is 0 Å². The number of rotatable bonds is 5. The predicted molar refractivity (Wildman–Crippen MR) is 103 cm³/mol. The first-order valence-corrected chi connectivity index (χ1v) is 9.74. The van der Waals surface area contributed by atoms with Crippen LogP contribution >= 0.6 is 0 Å². The second-order valence-electron chi connectivity index (χ2n) is 7.70. The van der Waals surface area contributed by atoms with Crippen molar-refractivity contribution in [3.8, 4) is 6.07 Å². The molecule has 2 N–H and O–H groups in total. The molecular weight excluding hydrogens is 342 g/mol. The number of pyridine rings is 1. The van der Waals surface area contributed by atoms with E-state index in [1.165, 1.54) is 0 Å². The molecule has 144 valence electrons. The Morgan fingerprint density at radius 1 is 1.37 bits per heavy atom. The third-order valence-electron chi connectivity index (χ3n) is 5.91. The first-order valence-electron chi connectivity index (χ1n) is 9.74. The molecule has 27 heavy (non-hydrogen) atoms. The number of hydrogen-bond acceptors (Lipinski definition) is 6. The van der Waals surface area contributed by atoms with Crippen molar-refractivity contribution in [3.63, 3.8) is 0 Å². The number of aromatic amines is 1. The quantitative estimate of drug-likeness (QED) is 0.788. The van der Waals surface area contributed by atoms with Crippen molar-refractivity contribution < 1.29 is 9.84 Å². The van der Waals surface area contributed by atoms with Gasteiger partial charge < -0.3 is 19.7 Å². The van der Waals surface area contributed by atoms with E-state index in [-0.39, 0.29) is 0 Å². The maximum Gasteiger partial charge on any atom is 0.139 e. The lowest BCUT2D eigenvalue weighted by Crippen LogP contribution is -2.49. The molecule has 2 aromatic heterocycles. The van der Waals surface area contributed by atoms with Gasteiger partial charge in [-0.05, 0) is 44.7 Å². The van der Waals surface area contributed by atoms with Crippen molar-refractivity contribution in [2.45, 2.75) is 44.4 Å². The maximum atomic E-state index is 10.6. The fourth-order valence-corrected chi connectivity index (χ4v) is 4.43. The highest BCUT2D eigenvalue weighted by Gasteiger charge is 2.35. The van der Waals surface area contributed by atoms with E-state index in [4.69, 9.17) is 10.00 Å². The van der Waals surface area contributed by atoms with E-state index in [9.17, 15) is 5.11 Å². The summed E-state index contributed by atoms with van der Waals surface area (Å²) in [6, 6.07) is 4.63. The molecule has 4 rings (SSSR count). The van der Waals surface area contributed by atoms with Gasteiger partial charge in [0.25, 0.3) is 0 Å². The van der Waals surface area contributed by atoms with Gasteiger partial charge in [-0.15, -0.1) is 0 Å². The monoisotopic (exact) mass is 369 g/mol. The molecular formula is C20H27N5O2. The minimum atomic E-state index is -0.618. The van der Waals surface area contributed by atoms with Crippen LogP contribution in [0.3, 0.4) is 0 Å². The van der Waals surface area contributed by atoms with Gasteiger partial charge in [-0.2, -0.15) is 5.26 Å². The molecule has 1 saturated carbocycles. The van der Waals surface area contributed by atoms with E-state index in [1.54, 1.807) is 6.20 Å². The molecule has 2 aromatic rings. The van der Waals surface area contributed by atoms with E-state index < -0.39 is 6.23 Å². The average Bonchev–Trinajstić information content (AvgIpc) is 3.17. The Morgan fingerprint density at radius 3 is 2.96 bits per heavy atom. The van der Waals surface area contributed by atoms with Gasteiger partial charge in [-0.3, -0.25) is 4.90 Å². The van der Waals surface area contributed by atoms with Crippen LogP contribution in [0.2, 0.25) is 0 Å². The Bertz CT molecular complexity index is 821. The molecule has 7 nitrogen and oxygen atoms in total. The third kappa shape index (κ3) is 3.53. The van der Waals surface area contributed by atoms with Crippen molar-refractivity contribution >= 4 is 16.7 Å². The number of nitrogens with one attached hydrogen (secondary N) is 1. The SMILES string of the molecule is CN1CN([C@H]2CC[C@H](COCCC#N)CC2)c2c(cnc3[nH]ccc23)C1O. The largest absolute Gasteiger partial charge is 0.380 e. The molecule has 7 heteroatoms. The van der Waals surface area contributed by atoms with Gasteiger partial charge in [-0.25, -0.2) is 4.98 Å². The lowest BCUT2D eigenvalue weighted by molar-refractivity contribution is 0.0104. The number of aliphatic hydroxyl groups is 1. The van der Waals surface area contributed by atoms with Gasteiger partial charge in [0.1, 0.15) is 11.9 Å². The number of aliphatic hydroxyl groups excluding tert-OH is 1. The van der Waals surface area contributed by atoms with E-state index in [0.717, 1.165) is 54.6 Å². The van der Waals surface area contributed by atoms with Crippen LogP contribution in [0.5, 0.6) is 0 Å². The molecule has 0 aromatic carbocycles. The van der Waals surface area contributed by atoms with Crippen LogP contribution < -0.4 is 4.90 Å². The molecule has 1 aliphatic carbocycles. The number of aromatic nitrogens is 2. The van der Waals surface area contributed by atoms with E-state index >= 15 is 0 Å². The molecule has 1 unspecified atom stereocenters. The highest BCUT2D eigenvalue weighted by molar-refractivity contribution is 5.92. The first kappa shape index (κ1) is 18.2. The van der Waals surface area contributed by atoms with Crippen LogP contribution in [0.25, 0.3) is 11.0 Å². The van der Waals surface area contributed by atoms with Crippen LogP contribution in [0.1, 0.15) is 43.9 Å². The molecule has 1 atom stereocenters. The standard InChI is InChI=1S/C20H27N5O2/c1-24-13-25(15-5-3-14(4-6-15)12-27-10-2-8-21)18-16-7-9-22-19(16)23-11-17(18)20(24)26/h7,9,11,14-15,20,26H,2-6,10,12-13H2,1H3,(H,22,23)/t14-,15-,20?. The van der Waals surface area contributed by atoms with Crippen molar-refractivity contribution in [3.05, 3.63) is 24.0 Å². The molecule has 2 aliphatic rings. The molecule has 0 bridgehead atoms. The summed E-state index contributed by atoms with van der Waals surface area (Å²) in [6.07, 6.45) is 8.07. The van der Waals surface area contributed by atoms with Crippen molar-refractivity contribution in [1.29, 1.82) is 5.26 Å². The molecule has 3 heterocycles. The summed E-state index contributed by atoms with van der Waals surface area (Å²) in [7, 11) is 1.95. The van der Waals surface area contributed by atoms with Gasteiger partial charge in [0.15, 0.2) is 0 Å². The van der Waals surface area contributed by atoms with Crippen molar-refractivity contribution in [2.24, 2.45) is 5.92 Å². The molecule has 1 fully saturated rings. The fourth-order valence-electron chi connectivity index (χ4n) is 4.43. The Labute approximate surface area is 159 Å². The summed E-state index contributed by atoms with van der Waals surface area (Å²) in [4.78, 5) is 12.1. The van der Waals surface area contributed by atoms with Crippen LogP contribution in [0.15, 0.2) is 18.5 Å². The number of hydrogen-bond donors (Lipinski definition) is 2. The summed E-state index contributed by atoms with van der Waals surface area (Å²) in [5, 5.41) is 20.3. The minimum absolute atomic E-state index is 0.453. The third-order valence-corrected chi connectivity index (χ3v) is 5.91. The van der Waals surface area contributed by atoms with Crippen LogP contribution in [-0.2, 0) is 4.74 Å². The van der Waals surface area contributed by atoms with Crippen molar-refractivity contribution in [1.82, 2.24) is 14.9 Å². The van der Waals surface area contributed by atoms with Crippen LogP contribution in [0.4, 0.5) is 5.69 Å². The van der Waals surface area contributed by atoms with Crippen LogP contribution in [0, 0.1) is 17.2 Å². The van der Waals surface area contributed by atoms with E-state index in [0.29, 0.717) is 31.7 Å². The Hall–Kier alpha value is -2.14. The smallest absolute Gasteiger partial charge is 0.139 e. The number of nitriles is 1. The van der Waals surface area contributed by atoms with Crippen molar-refractivity contribution in [2.75, 3.05) is 31.8 Å². The summed E-state index contributed by atoms with van der Waals surface area (Å²) >= 11 is 0. The van der Waals surface area contributed by atoms with Gasteiger partial charge >= 0.3 is 0 Å². The van der Waals surface area contributed by atoms with E-state index in [2.05, 4.69) is 27.0 Å². The highest BCUT2D eigenvalue weighted by Crippen LogP contribution is 2.41. The Morgan fingerprint density at radius 2 is 2.19 bits per heavy atom. The fraction of sp³-hybridized carbons (Fsp3) is 0.600. The minimum Gasteiger partial charge on any atom is -0.380 e. The lowest BCUT2D eigenvalue weighted by atomic mass is 9.85. The summed E-state index contributed by atoms with van der Waals surface area (Å²) in [5.41, 5.74) is 2.88. The number of nitrogens with zero attached hydrogens (tertiary/aromatic N) is 4. The second-order valence-corrected chi connectivity index (χ2v) is 7.70. The molecule has 0 amide bonds. The second kappa shape index (κ2) is 7.85. The lowest BCUT2D eigenvalue weighted by Gasteiger charge is -2.46. The molecule has 1 aliphatic heterocycles. The topological polar surface area (TPSA) is 88.4 Å². The summed E-state index contributed by atoms with van der Waals surface area (Å²) < 4.78 is 5.64. The summed E-state index contributed by atoms with van der Waals surface area (Å²) in [5.74, 6) is 0.581. The zero-order chi connectivity index (χ0) is 18.8. The number of fused-ring (bicyclic) bond motifs is 3. The number of ether oxygens (including phenoxy) is 1. The Balaban J connectivity index is 1.50. The zero-order valence-electron chi connectivity index (χ0n) is 15.8. The first-order chi connectivity index (χ1) is 13.2.